The van der Waals surface area contributed by atoms with Crippen LogP contribution < -0.4 is 0 Å². The lowest BCUT2D eigenvalue weighted by Crippen LogP contribution is -2.38. The van der Waals surface area contributed by atoms with Crippen molar-refractivity contribution in [3.8, 4) is 0 Å². The predicted octanol–water partition coefficient (Wildman–Crippen LogP) is 5.18. The molecule has 1 heteroatoms. The van der Waals surface area contributed by atoms with Crippen molar-refractivity contribution in [2.24, 2.45) is 5.92 Å². The maximum atomic E-state index is 2.63. The van der Waals surface area contributed by atoms with E-state index in [1.165, 1.54) is 42.7 Å². The number of aryl methyl sites for hydroxylation is 3. The van der Waals surface area contributed by atoms with Gasteiger partial charge in [-0.25, -0.2) is 0 Å². The third-order valence-electron chi connectivity index (χ3n) is 6.36. The number of likely N-dealkylation sites (tertiary alicyclic amines) is 1. The van der Waals surface area contributed by atoms with Crippen LogP contribution in [-0.2, 0) is 0 Å². The first-order chi connectivity index (χ1) is 11.6. The van der Waals surface area contributed by atoms with Crippen molar-refractivity contribution >= 4 is 0 Å². The van der Waals surface area contributed by atoms with Gasteiger partial charge < -0.3 is 4.90 Å². The molecule has 126 valence electrons. The lowest BCUT2D eigenvalue weighted by atomic mass is 9.77. The number of piperidine rings is 1. The normalized spacial score (nSPS) is 26.2. The quantitative estimate of drug-likeness (QED) is 0.737. The van der Waals surface area contributed by atoms with E-state index in [4.69, 9.17) is 0 Å². The summed E-state index contributed by atoms with van der Waals surface area (Å²) < 4.78 is 0. The van der Waals surface area contributed by atoms with Gasteiger partial charge in [0, 0.05) is 18.4 Å². The molecular weight excluding hydrogens is 290 g/mol. The van der Waals surface area contributed by atoms with Crippen molar-refractivity contribution in [1.29, 1.82) is 0 Å². The SMILES string of the molecule is CCN1CC[C@H]2[C@H](c3ccc(C)cc3C)c3cc(C)ccc3[C@H]2C1. The summed E-state index contributed by atoms with van der Waals surface area (Å²) in [5.74, 6) is 2.07. The Kier molecular flexibility index (Phi) is 4.00. The Balaban J connectivity index is 1.83. The van der Waals surface area contributed by atoms with Crippen LogP contribution in [0, 0.1) is 26.7 Å². The minimum atomic E-state index is 0.588. The molecule has 0 radical (unpaired) electrons. The second kappa shape index (κ2) is 6.04. The Bertz CT molecular complexity index is 761. The molecule has 1 nitrogen and oxygen atoms in total. The second-order valence-corrected chi connectivity index (χ2v) is 7.92. The summed E-state index contributed by atoms with van der Waals surface area (Å²) >= 11 is 0. The highest BCUT2D eigenvalue weighted by molar-refractivity contribution is 5.50. The number of rotatable bonds is 2. The first-order valence-electron chi connectivity index (χ1n) is 9.48. The summed E-state index contributed by atoms with van der Waals surface area (Å²) in [5.41, 5.74) is 9.02. The molecule has 1 saturated heterocycles. The van der Waals surface area contributed by atoms with E-state index < -0.39 is 0 Å². The molecule has 4 rings (SSSR count). The van der Waals surface area contributed by atoms with E-state index in [2.05, 4.69) is 69.0 Å². The summed E-state index contributed by atoms with van der Waals surface area (Å²) in [4.78, 5) is 2.63. The molecule has 1 fully saturated rings. The Morgan fingerprint density at radius 2 is 1.62 bits per heavy atom. The molecule has 0 saturated carbocycles. The van der Waals surface area contributed by atoms with Gasteiger partial charge >= 0.3 is 0 Å². The van der Waals surface area contributed by atoms with Crippen LogP contribution in [0.4, 0.5) is 0 Å². The smallest absolute Gasteiger partial charge is 0.0130 e. The average Bonchev–Trinajstić information content (AvgIpc) is 2.87. The molecule has 24 heavy (non-hydrogen) atoms. The van der Waals surface area contributed by atoms with Gasteiger partial charge in [-0.2, -0.15) is 0 Å². The first-order valence-corrected chi connectivity index (χ1v) is 9.48. The van der Waals surface area contributed by atoms with Crippen LogP contribution in [0.5, 0.6) is 0 Å². The van der Waals surface area contributed by atoms with E-state index in [0.29, 0.717) is 11.8 Å². The minimum absolute atomic E-state index is 0.588. The second-order valence-electron chi connectivity index (χ2n) is 7.92. The fraction of sp³-hybridized carbons (Fsp3) is 0.478. The number of hydrogen-bond donors (Lipinski definition) is 0. The van der Waals surface area contributed by atoms with Crippen LogP contribution >= 0.6 is 0 Å². The molecule has 2 aliphatic rings. The van der Waals surface area contributed by atoms with Crippen molar-refractivity contribution in [3.63, 3.8) is 0 Å². The third-order valence-corrected chi connectivity index (χ3v) is 6.36. The molecule has 1 aliphatic carbocycles. The molecule has 0 amide bonds. The lowest BCUT2D eigenvalue weighted by Gasteiger charge is -2.37. The summed E-state index contributed by atoms with van der Waals surface area (Å²) in [7, 11) is 0. The van der Waals surface area contributed by atoms with Crippen LogP contribution in [0.3, 0.4) is 0 Å². The van der Waals surface area contributed by atoms with Gasteiger partial charge in [-0.1, -0.05) is 54.4 Å². The van der Waals surface area contributed by atoms with Gasteiger partial charge in [-0.15, -0.1) is 0 Å². The number of hydrogen-bond acceptors (Lipinski definition) is 1. The highest BCUT2D eigenvalue weighted by atomic mass is 15.1. The number of fused-ring (bicyclic) bond motifs is 3. The minimum Gasteiger partial charge on any atom is -0.303 e. The van der Waals surface area contributed by atoms with Crippen LogP contribution in [0.1, 0.15) is 58.6 Å². The van der Waals surface area contributed by atoms with Gasteiger partial charge in [0.2, 0.25) is 0 Å². The highest BCUT2D eigenvalue weighted by Crippen LogP contribution is 2.53. The van der Waals surface area contributed by atoms with E-state index in [1.807, 2.05) is 0 Å². The van der Waals surface area contributed by atoms with Gasteiger partial charge in [0.1, 0.15) is 0 Å². The van der Waals surface area contributed by atoms with E-state index in [1.54, 1.807) is 16.7 Å². The van der Waals surface area contributed by atoms with Gasteiger partial charge in [0.05, 0.1) is 0 Å². The van der Waals surface area contributed by atoms with Crippen LogP contribution in [-0.4, -0.2) is 24.5 Å². The molecule has 2 aromatic rings. The molecule has 0 N–H and O–H groups in total. The summed E-state index contributed by atoms with van der Waals surface area (Å²) in [6.07, 6.45) is 1.32. The van der Waals surface area contributed by atoms with E-state index >= 15 is 0 Å². The molecule has 3 atom stereocenters. The van der Waals surface area contributed by atoms with E-state index in [9.17, 15) is 0 Å². The molecule has 0 unspecified atom stereocenters. The Hall–Kier alpha value is -1.60. The van der Waals surface area contributed by atoms with Crippen LogP contribution in [0.25, 0.3) is 0 Å². The van der Waals surface area contributed by atoms with Crippen molar-refractivity contribution < 1.29 is 0 Å². The van der Waals surface area contributed by atoms with Crippen molar-refractivity contribution in [2.75, 3.05) is 19.6 Å². The lowest BCUT2D eigenvalue weighted by molar-refractivity contribution is 0.167. The molecule has 2 aromatic carbocycles. The standard InChI is InChI=1S/C23H29N/c1-5-24-11-10-20-22(14-24)19-9-7-16(3)13-21(19)23(20)18-8-6-15(2)12-17(18)4/h6-9,12-13,20,22-23H,5,10-11,14H2,1-4H3/t20-,22-,23+/m1/s1. The highest BCUT2D eigenvalue weighted by Gasteiger charge is 2.44. The maximum absolute atomic E-state index is 2.63. The molecule has 0 bridgehead atoms. The number of likely N-dealkylation sites (N-methyl/N-ethyl adjacent to an activating group) is 1. The molecular formula is C23H29N. The molecule has 0 spiro atoms. The largest absolute Gasteiger partial charge is 0.303 e. The zero-order valence-electron chi connectivity index (χ0n) is 15.5. The Labute approximate surface area is 146 Å². The first kappa shape index (κ1) is 15.9. The Morgan fingerprint density at radius 1 is 0.917 bits per heavy atom. The van der Waals surface area contributed by atoms with Crippen molar-refractivity contribution in [3.05, 3.63) is 69.8 Å². The summed E-state index contributed by atoms with van der Waals surface area (Å²) in [6, 6.07) is 14.3. The average molecular weight is 319 g/mol. The van der Waals surface area contributed by atoms with Crippen molar-refractivity contribution in [2.45, 2.75) is 46.0 Å². The fourth-order valence-electron chi connectivity index (χ4n) is 5.16. The number of nitrogens with zero attached hydrogens (tertiary/aromatic N) is 1. The van der Waals surface area contributed by atoms with Gasteiger partial charge in [-0.3, -0.25) is 0 Å². The van der Waals surface area contributed by atoms with Gasteiger partial charge in [-0.05, 0) is 68.5 Å². The third kappa shape index (κ3) is 2.50. The monoisotopic (exact) mass is 319 g/mol. The Morgan fingerprint density at radius 3 is 2.33 bits per heavy atom. The summed E-state index contributed by atoms with van der Waals surface area (Å²) in [6.45, 7) is 12.7. The van der Waals surface area contributed by atoms with E-state index in [0.717, 1.165) is 5.92 Å². The zero-order chi connectivity index (χ0) is 16.8. The topological polar surface area (TPSA) is 3.24 Å². The van der Waals surface area contributed by atoms with Crippen molar-refractivity contribution in [1.82, 2.24) is 4.90 Å². The van der Waals surface area contributed by atoms with Crippen LogP contribution in [0.15, 0.2) is 36.4 Å². The molecule has 0 aromatic heterocycles. The summed E-state index contributed by atoms with van der Waals surface area (Å²) in [5, 5.41) is 0. The fourth-order valence-corrected chi connectivity index (χ4v) is 5.16. The molecule has 1 aliphatic heterocycles. The number of benzene rings is 2. The van der Waals surface area contributed by atoms with E-state index in [-0.39, 0.29) is 0 Å². The maximum Gasteiger partial charge on any atom is 0.0130 e. The zero-order valence-corrected chi connectivity index (χ0v) is 15.5. The van der Waals surface area contributed by atoms with Gasteiger partial charge in [0.25, 0.3) is 0 Å². The van der Waals surface area contributed by atoms with Crippen LogP contribution in [0.2, 0.25) is 0 Å². The predicted molar refractivity (Wildman–Crippen MR) is 102 cm³/mol. The molecule has 1 heterocycles. The van der Waals surface area contributed by atoms with Gasteiger partial charge in [0.15, 0.2) is 0 Å².